The fraction of sp³-hybridized carbons (Fsp3) is 0.571. The molecule has 0 bridgehead atoms. The first-order valence-corrected chi connectivity index (χ1v) is 7.28. The Bertz CT molecular complexity index is 311. The van der Waals surface area contributed by atoms with E-state index in [-0.39, 0.29) is 0 Å². The topological polar surface area (TPSA) is 21.3 Å². The Morgan fingerprint density at radius 3 is 2.41 bits per heavy atom. The summed E-state index contributed by atoms with van der Waals surface area (Å²) in [4.78, 5) is 0. The van der Waals surface area contributed by atoms with Crippen LogP contribution in [0.4, 0.5) is 0 Å². The summed E-state index contributed by atoms with van der Waals surface area (Å²) in [6.07, 6.45) is 1.40. The van der Waals surface area contributed by atoms with Crippen molar-refractivity contribution in [1.29, 1.82) is 0 Å². The van der Waals surface area contributed by atoms with Gasteiger partial charge in [-0.2, -0.15) is 0 Å². The minimum atomic E-state index is 0.337. The van der Waals surface area contributed by atoms with Gasteiger partial charge in [0, 0.05) is 16.2 Å². The molecule has 0 saturated heterocycles. The second kappa shape index (κ2) is 8.06. The summed E-state index contributed by atoms with van der Waals surface area (Å²) in [6, 6.07) is 9.08. The molecule has 0 aromatic heterocycles. The van der Waals surface area contributed by atoms with Crippen molar-refractivity contribution >= 4 is 22.6 Å². The molecule has 17 heavy (non-hydrogen) atoms. The highest BCUT2D eigenvalue weighted by Gasteiger charge is 2.03. The number of rotatable bonds is 7. The maximum Gasteiger partial charge on any atom is 0.0518 e. The van der Waals surface area contributed by atoms with E-state index < -0.39 is 0 Å². The lowest BCUT2D eigenvalue weighted by atomic mass is 10.1. The third-order valence-electron chi connectivity index (χ3n) is 2.59. The molecule has 3 heteroatoms. The molecule has 1 aromatic rings. The summed E-state index contributed by atoms with van der Waals surface area (Å²) < 4.78 is 6.79. The second-order valence-electron chi connectivity index (χ2n) is 4.50. The van der Waals surface area contributed by atoms with Crippen LogP contribution in [-0.2, 0) is 4.74 Å². The van der Waals surface area contributed by atoms with Gasteiger partial charge in [-0.05, 0) is 74.0 Å². The Kier molecular flexibility index (Phi) is 7.08. The number of ether oxygens (including phenoxy) is 1. The van der Waals surface area contributed by atoms with Crippen molar-refractivity contribution in [3.05, 3.63) is 33.4 Å². The molecule has 0 aliphatic heterocycles. The zero-order chi connectivity index (χ0) is 12.7. The molecule has 2 nitrogen and oxygen atoms in total. The predicted octanol–water partition coefficient (Wildman–Crippen LogP) is 3.76. The Labute approximate surface area is 118 Å². The number of hydrogen-bond donors (Lipinski definition) is 1. The van der Waals surface area contributed by atoms with E-state index in [1.165, 1.54) is 9.13 Å². The first-order valence-electron chi connectivity index (χ1n) is 6.20. The van der Waals surface area contributed by atoms with Crippen LogP contribution in [0.1, 0.15) is 38.8 Å². The van der Waals surface area contributed by atoms with Gasteiger partial charge in [0.2, 0.25) is 0 Å². The molecule has 0 aliphatic carbocycles. The fourth-order valence-corrected chi connectivity index (χ4v) is 1.94. The van der Waals surface area contributed by atoms with E-state index in [4.69, 9.17) is 4.74 Å². The van der Waals surface area contributed by atoms with E-state index in [0.29, 0.717) is 12.1 Å². The summed E-state index contributed by atoms with van der Waals surface area (Å²) in [5, 5.41) is 3.51. The number of nitrogens with one attached hydrogen (secondary N) is 1. The van der Waals surface area contributed by atoms with Crippen molar-refractivity contribution in [1.82, 2.24) is 5.32 Å². The Hall–Kier alpha value is -0.130. The third-order valence-corrected chi connectivity index (χ3v) is 3.31. The maximum atomic E-state index is 5.50. The highest BCUT2D eigenvalue weighted by Crippen LogP contribution is 2.14. The van der Waals surface area contributed by atoms with Crippen LogP contribution in [-0.4, -0.2) is 19.3 Å². The van der Waals surface area contributed by atoms with Gasteiger partial charge in [-0.3, -0.25) is 0 Å². The smallest absolute Gasteiger partial charge is 0.0518 e. The van der Waals surface area contributed by atoms with Gasteiger partial charge in [0.25, 0.3) is 0 Å². The Morgan fingerprint density at radius 2 is 1.82 bits per heavy atom. The minimum Gasteiger partial charge on any atom is -0.379 e. The molecule has 0 spiro atoms. The molecule has 1 atom stereocenters. The summed E-state index contributed by atoms with van der Waals surface area (Å²) in [5.41, 5.74) is 1.34. The molecule has 1 rings (SSSR count). The summed E-state index contributed by atoms with van der Waals surface area (Å²) >= 11 is 2.33. The molecule has 0 fully saturated rings. The lowest BCUT2D eigenvalue weighted by molar-refractivity contribution is 0.0768. The van der Waals surface area contributed by atoms with Gasteiger partial charge < -0.3 is 10.1 Å². The van der Waals surface area contributed by atoms with E-state index in [1.54, 1.807) is 0 Å². The molecular formula is C14H22INO. The zero-order valence-corrected chi connectivity index (χ0v) is 13.0. The van der Waals surface area contributed by atoms with Crippen LogP contribution in [0.15, 0.2) is 24.3 Å². The van der Waals surface area contributed by atoms with E-state index in [1.807, 2.05) is 0 Å². The second-order valence-corrected chi connectivity index (χ2v) is 5.75. The SMILES string of the molecule is CC(C)OCCCNC(C)c1ccc(I)cc1. The number of hydrogen-bond acceptors (Lipinski definition) is 2. The summed E-state index contributed by atoms with van der Waals surface area (Å²) in [5.74, 6) is 0. The van der Waals surface area contributed by atoms with Crippen LogP contribution >= 0.6 is 22.6 Å². The first kappa shape index (κ1) is 14.9. The van der Waals surface area contributed by atoms with Crippen molar-refractivity contribution in [3.63, 3.8) is 0 Å². The quantitative estimate of drug-likeness (QED) is 0.599. The van der Waals surface area contributed by atoms with Crippen molar-refractivity contribution < 1.29 is 4.74 Å². The van der Waals surface area contributed by atoms with Gasteiger partial charge in [-0.15, -0.1) is 0 Å². The lowest BCUT2D eigenvalue weighted by Gasteiger charge is -2.14. The molecule has 0 heterocycles. The molecule has 0 radical (unpaired) electrons. The number of halogens is 1. The van der Waals surface area contributed by atoms with Crippen LogP contribution in [0.25, 0.3) is 0 Å². The van der Waals surface area contributed by atoms with Gasteiger partial charge in [-0.25, -0.2) is 0 Å². The third kappa shape index (κ3) is 6.38. The molecule has 1 unspecified atom stereocenters. The highest BCUT2D eigenvalue weighted by atomic mass is 127. The van der Waals surface area contributed by atoms with Gasteiger partial charge >= 0.3 is 0 Å². The maximum absolute atomic E-state index is 5.50. The van der Waals surface area contributed by atoms with Gasteiger partial charge in [-0.1, -0.05) is 12.1 Å². The molecular weight excluding hydrogens is 325 g/mol. The lowest BCUT2D eigenvalue weighted by Crippen LogP contribution is -2.21. The van der Waals surface area contributed by atoms with E-state index in [0.717, 1.165) is 19.6 Å². The summed E-state index contributed by atoms with van der Waals surface area (Å²) in [7, 11) is 0. The van der Waals surface area contributed by atoms with E-state index in [2.05, 4.69) is 72.9 Å². The Balaban J connectivity index is 2.21. The average Bonchev–Trinajstić information content (AvgIpc) is 2.29. The van der Waals surface area contributed by atoms with Crippen LogP contribution < -0.4 is 5.32 Å². The minimum absolute atomic E-state index is 0.337. The van der Waals surface area contributed by atoms with Crippen LogP contribution in [0, 0.1) is 3.57 Å². The molecule has 96 valence electrons. The van der Waals surface area contributed by atoms with Crippen molar-refractivity contribution in [2.75, 3.05) is 13.2 Å². The molecule has 0 amide bonds. The van der Waals surface area contributed by atoms with Gasteiger partial charge in [0.05, 0.1) is 6.10 Å². The Morgan fingerprint density at radius 1 is 1.18 bits per heavy atom. The molecule has 0 aliphatic rings. The van der Waals surface area contributed by atoms with Crippen LogP contribution in [0.5, 0.6) is 0 Å². The molecule has 0 saturated carbocycles. The highest BCUT2D eigenvalue weighted by molar-refractivity contribution is 14.1. The van der Waals surface area contributed by atoms with Gasteiger partial charge in [0.15, 0.2) is 0 Å². The molecule has 1 N–H and O–H groups in total. The van der Waals surface area contributed by atoms with Crippen molar-refractivity contribution in [2.24, 2.45) is 0 Å². The molecule has 1 aromatic carbocycles. The monoisotopic (exact) mass is 347 g/mol. The normalized spacial score (nSPS) is 13.0. The van der Waals surface area contributed by atoms with Gasteiger partial charge in [0.1, 0.15) is 0 Å². The largest absolute Gasteiger partial charge is 0.379 e. The first-order chi connectivity index (χ1) is 8.09. The zero-order valence-electron chi connectivity index (χ0n) is 10.9. The number of benzene rings is 1. The fourth-order valence-electron chi connectivity index (χ4n) is 1.58. The predicted molar refractivity (Wildman–Crippen MR) is 81.3 cm³/mol. The van der Waals surface area contributed by atoms with E-state index >= 15 is 0 Å². The van der Waals surface area contributed by atoms with Crippen LogP contribution in [0.2, 0.25) is 0 Å². The van der Waals surface area contributed by atoms with Crippen molar-refractivity contribution in [3.8, 4) is 0 Å². The standard InChI is InChI=1S/C14H22INO/c1-11(2)17-10-4-9-16-12(3)13-5-7-14(15)8-6-13/h5-8,11-12,16H,4,9-10H2,1-3H3. The average molecular weight is 347 g/mol. The summed E-state index contributed by atoms with van der Waals surface area (Å²) in [6.45, 7) is 8.18. The van der Waals surface area contributed by atoms with Crippen molar-refractivity contribution in [2.45, 2.75) is 39.3 Å². The van der Waals surface area contributed by atoms with Crippen LogP contribution in [0.3, 0.4) is 0 Å². The van der Waals surface area contributed by atoms with E-state index in [9.17, 15) is 0 Å².